The van der Waals surface area contributed by atoms with Crippen molar-refractivity contribution in [2.45, 2.75) is 13.8 Å². The number of carbonyl (C=O) groups is 2. The number of esters is 1. The van der Waals surface area contributed by atoms with Crippen molar-refractivity contribution in [1.82, 2.24) is 4.98 Å². The van der Waals surface area contributed by atoms with Gasteiger partial charge in [0.25, 0.3) is 5.91 Å². The molecule has 0 fully saturated rings. The summed E-state index contributed by atoms with van der Waals surface area (Å²) in [4.78, 5) is 30.3. The summed E-state index contributed by atoms with van der Waals surface area (Å²) in [5, 5.41) is 4.70. The van der Waals surface area contributed by atoms with E-state index in [1.165, 1.54) is 7.11 Å². The number of fused-ring (bicyclic) bond motifs is 1. The van der Waals surface area contributed by atoms with E-state index < -0.39 is 5.97 Å². The number of rotatable bonds is 4. The molecule has 4 rings (SSSR count). The molecule has 1 amide bonds. The first-order valence-electron chi connectivity index (χ1n) is 8.93. The van der Waals surface area contributed by atoms with Gasteiger partial charge in [0.1, 0.15) is 10.0 Å². The van der Waals surface area contributed by atoms with Crippen molar-refractivity contribution >= 4 is 49.8 Å². The van der Waals surface area contributed by atoms with Gasteiger partial charge in [-0.1, -0.05) is 12.1 Å². The molecule has 0 spiro atoms. The minimum absolute atomic E-state index is 0.231. The standard InChI is InChI=1S/C22H18N2O3S2/c1-12-13(2)28-21(18(12)20-23-16-6-4-5-7-17(16)29-20)24-19(25)14-8-10-15(11-9-14)22(26)27-3/h4-11H,1-3H3,(H,24,25). The van der Waals surface area contributed by atoms with Crippen LogP contribution in [0.2, 0.25) is 0 Å². The molecule has 2 aromatic heterocycles. The summed E-state index contributed by atoms with van der Waals surface area (Å²) in [5.41, 5.74) is 3.91. The van der Waals surface area contributed by atoms with Gasteiger partial charge in [-0.2, -0.15) is 0 Å². The van der Waals surface area contributed by atoms with Crippen LogP contribution in [0.25, 0.3) is 20.8 Å². The van der Waals surface area contributed by atoms with Gasteiger partial charge in [0.2, 0.25) is 0 Å². The fourth-order valence-corrected chi connectivity index (χ4v) is 5.20. The summed E-state index contributed by atoms with van der Waals surface area (Å²) < 4.78 is 5.81. The summed E-state index contributed by atoms with van der Waals surface area (Å²) in [7, 11) is 1.33. The van der Waals surface area contributed by atoms with Gasteiger partial charge in [0, 0.05) is 16.0 Å². The van der Waals surface area contributed by atoms with Crippen LogP contribution in [0, 0.1) is 13.8 Å². The molecule has 7 heteroatoms. The number of thiazole rings is 1. The molecular weight excluding hydrogens is 404 g/mol. The Bertz CT molecular complexity index is 1190. The number of methoxy groups -OCH3 is 1. The number of amides is 1. The minimum atomic E-state index is -0.431. The van der Waals surface area contributed by atoms with Crippen molar-refractivity contribution in [2.24, 2.45) is 0 Å². The van der Waals surface area contributed by atoms with Crippen LogP contribution in [0.4, 0.5) is 5.00 Å². The highest BCUT2D eigenvalue weighted by Crippen LogP contribution is 2.43. The van der Waals surface area contributed by atoms with Crippen molar-refractivity contribution in [3.05, 3.63) is 70.1 Å². The van der Waals surface area contributed by atoms with Crippen LogP contribution in [0.3, 0.4) is 0 Å². The molecule has 146 valence electrons. The Morgan fingerprint density at radius 1 is 0.966 bits per heavy atom. The van der Waals surface area contributed by atoms with E-state index in [1.807, 2.05) is 38.1 Å². The van der Waals surface area contributed by atoms with Crippen LogP contribution in [0.5, 0.6) is 0 Å². The number of hydrogen-bond acceptors (Lipinski definition) is 6. The Morgan fingerprint density at radius 2 is 1.66 bits per heavy atom. The van der Waals surface area contributed by atoms with Gasteiger partial charge < -0.3 is 10.1 Å². The molecule has 0 bridgehead atoms. The van der Waals surface area contributed by atoms with Crippen LogP contribution in [-0.2, 0) is 4.74 Å². The maximum absolute atomic E-state index is 12.8. The lowest BCUT2D eigenvalue weighted by Crippen LogP contribution is -2.12. The number of ether oxygens (including phenoxy) is 1. The summed E-state index contributed by atoms with van der Waals surface area (Å²) in [6.45, 7) is 4.09. The number of benzene rings is 2. The van der Waals surface area contributed by atoms with Gasteiger partial charge in [0.05, 0.1) is 22.9 Å². The SMILES string of the molecule is COC(=O)c1ccc(C(=O)Nc2sc(C)c(C)c2-c2nc3ccccc3s2)cc1. The Hall–Kier alpha value is -3.03. The zero-order valence-electron chi connectivity index (χ0n) is 16.1. The topological polar surface area (TPSA) is 68.3 Å². The number of anilines is 1. The van der Waals surface area contributed by atoms with Crippen LogP contribution in [0.15, 0.2) is 48.5 Å². The summed E-state index contributed by atoms with van der Waals surface area (Å²) in [6, 6.07) is 14.4. The smallest absolute Gasteiger partial charge is 0.337 e. The first-order valence-corrected chi connectivity index (χ1v) is 10.6. The van der Waals surface area contributed by atoms with Crippen molar-refractivity contribution < 1.29 is 14.3 Å². The van der Waals surface area contributed by atoms with E-state index >= 15 is 0 Å². The van der Waals surface area contributed by atoms with Gasteiger partial charge in [-0.25, -0.2) is 9.78 Å². The zero-order valence-corrected chi connectivity index (χ0v) is 17.7. The fourth-order valence-electron chi connectivity index (χ4n) is 3.00. The molecule has 5 nitrogen and oxygen atoms in total. The Morgan fingerprint density at radius 3 is 2.34 bits per heavy atom. The monoisotopic (exact) mass is 422 g/mol. The number of aromatic nitrogens is 1. The second-order valence-electron chi connectivity index (χ2n) is 6.50. The highest BCUT2D eigenvalue weighted by atomic mass is 32.1. The van der Waals surface area contributed by atoms with Gasteiger partial charge in [0.15, 0.2) is 0 Å². The summed E-state index contributed by atoms with van der Waals surface area (Å²) in [6.07, 6.45) is 0. The number of nitrogens with zero attached hydrogens (tertiary/aromatic N) is 1. The summed E-state index contributed by atoms with van der Waals surface area (Å²) in [5.74, 6) is -0.662. The third-order valence-electron chi connectivity index (χ3n) is 4.69. The molecule has 0 radical (unpaired) electrons. The van der Waals surface area contributed by atoms with E-state index in [1.54, 1.807) is 46.9 Å². The van der Waals surface area contributed by atoms with E-state index in [0.717, 1.165) is 36.2 Å². The highest BCUT2D eigenvalue weighted by molar-refractivity contribution is 7.22. The molecule has 0 saturated heterocycles. The van der Waals surface area contributed by atoms with E-state index in [9.17, 15) is 9.59 Å². The zero-order chi connectivity index (χ0) is 20.5. The van der Waals surface area contributed by atoms with E-state index in [-0.39, 0.29) is 5.91 Å². The number of nitrogens with one attached hydrogen (secondary N) is 1. The minimum Gasteiger partial charge on any atom is -0.465 e. The van der Waals surface area contributed by atoms with Crippen molar-refractivity contribution in [2.75, 3.05) is 12.4 Å². The second-order valence-corrected chi connectivity index (χ2v) is 8.75. The summed E-state index contributed by atoms with van der Waals surface area (Å²) >= 11 is 3.16. The van der Waals surface area contributed by atoms with Gasteiger partial charge in [-0.15, -0.1) is 22.7 Å². The first-order chi connectivity index (χ1) is 14.0. The van der Waals surface area contributed by atoms with Crippen LogP contribution < -0.4 is 5.32 Å². The third-order valence-corrected chi connectivity index (χ3v) is 6.86. The first kappa shape index (κ1) is 19.3. The van der Waals surface area contributed by atoms with Gasteiger partial charge in [-0.3, -0.25) is 4.79 Å². The van der Waals surface area contributed by atoms with Crippen LogP contribution in [0.1, 0.15) is 31.2 Å². The second kappa shape index (κ2) is 7.77. The molecule has 0 atom stereocenters. The van der Waals surface area contributed by atoms with E-state index in [4.69, 9.17) is 9.72 Å². The maximum atomic E-state index is 12.8. The number of para-hydroxylation sites is 1. The lowest BCUT2D eigenvalue weighted by Gasteiger charge is -2.06. The highest BCUT2D eigenvalue weighted by Gasteiger charge is 2.20. The van der Waals surface area contributed by atoms with Crippen LogP contribution in [-0.4, -0.2) is 24.0 Å². The number of aryl methyl sites for hydroxylation is 1. The van der Waals surface area contributed by atoms with Gasteiger partial charge >= 0.3 is 5.97 Å². The molecule has 0 aliphatic rings. The fraction of sp³-hybridized carbons (Fsp3) is 0.136. The Balaban J connectivity index is 1.66. The van der Waals surface area contributed by atoms with Crippen molar-refractivity contribution in [1.29, 1.82) is 0 Å². The van der Waals surface area contributed by atoms with Crippen LogP contribution >= 0.6 is 22.7 Å². The number of hydrogen-bond donors (Lipinski definition) is 1. The molecular formula is C22H18N2O3S2. The quantitative estimate of drug-likeness (QED) is 0.430. The molecule has 0 aliphatic carbocycles. The molecule has 2 heterocycles. The number of carbonyl (C=O) groups excluding carboxylic acids is 2. The molecule has 4 aromatic rings. The molecule has 2 aromatic carbocycles. The maximum Gasteiger partial charge on any atom is 0.337 e. The largest absolute Gasteiger partial charge is 0.465 e. The Labute approximate surface area is 176 Å². The van der Waals surface area contributed by atoms with E-state index in [2.05, 4.69) is 5.32 Å². The molecule has 1 N–H and O–H groups in total. The lowest BCUT2D eigenvalue weighted by atomic mass is 10.1. The lowest BCUT2D eigenvalue weighted by molar-refractivity contribution is 0.0600. The molecule has 0 unspecified atom stereocenters. The predicted octanol–water partition coefficient (Wildman–Crippen LogP) is 5.68. The number of thiophene rings is 1. The predicted molar refractivity (Wildman–Crippen MR) is 118 cm³/mol. The normalized spacial score (nSPS) is 10.9. The molecule has 0 aliphatic heterocycles. The Kier molecular flexibility index (Phi) is 5.17. The molecule has 29 heavy (non-hydrogen) atoms. The average Bonchev–Trinajstić information content (AvgIpc) is 3.27. The third kappa shape index (κ3) is 3.66. The van der Waals surface area contributed by atoms with Gasteiger partial charge in [-0.05, 0) is 55.8 Å². The van der Waals surface area contributed by atoms with Crippen molar-refractivity contribution in [3.8, 4) is 10.6 Å². The van der Waals surface area contributed by atoms with Crippen molar-refractivity contribution in [3.63, 3.8) is 0 Å². The average molecular weight is 423 g/mol. The van der Waals surface area contributed by atoms with E-state index in [0.29, 0.717) is 11.1 Å². The molecule has 0 saturated carbocycles.